The maximum absolute atomic E-state index is 8.96. The van der Waals surface area contributed by atoms with Gasteiger partial charge in [-0.1, -0.05) is 50.5 Å². The van der Waals surface area contributed by atoms with Crippen LogP contribution in [0.4, 0.5) is 0 Å². The molecule has 0 saturated carbocycles. The first-order valence-corrected chi connectivity index (χ1v) is 6.94. The quantitative estimate of drug-likeness (QED) is 0.327. The Hall–Kier alpha value is -1.29. The minimum absolute atomic E-state index is 0.311. The molecule has 0 aliphatic carbocycles. The lowest BCUT2D eigenvalue weighted by Gasteiger charge is -2.01. The molecule has 0 rings (SSSR count). The van der Waals surface area contributed by atoms with Crippen molar-refractivity contribution in [1.82, 2.24) is 0 Å². The molecule has 0 radical (unpaired) electrons. The van der Waals surface area contributed by atoms with E-state index in [4.69, 9.17) is 5.26 Å². The van der Waals surface area contributed by atoms with Crippen molar-refractivity contribution in [2.45, 2.75) is 60.3 Å². The fourth-order valence-electron chi connectivity index (χ4n) is 1.72. The summed E-state index contributed by atoms with van der Waals surface area (Å²) < 4.78 is 0. The predicted octanol–water partition coefficient (Wildman–Crippen LogP) is 5.57. The van der Waals surface area contributed by atoms with E-state index in [9.17, 15) is 0 Å². The van der Waals surface area contributed by atoms with Crippen LogP contribution in [0.25, 0.3) is 0 Å². The van der Waals surface area contributed by atoms with Crippen LogP contribution in [0, 0.1) is 17.2 Å². The summed E-state index contributed by atoms with van der Waals surface area (Å²) in [4.78, 5) is 0. The number of hydrogen-bond donors (Lipinski definition) is 0. The molecule has 0 aromatic carbocycles. The molecular formula is C17H27N. The Balaban J connectivity index is 4.30. The van der Waals surface area contributed by atoms with Crippen molar-refractivity contribution < 1.29 is 0 Å². The van der Waals surface area contributed by atoms with Crippen LogP contribution < -0.4 is 0 Å². The minimum atomic E-state index is 0.311. The maximum atomic E-state index is 8.96. The summed E-state index contributed by atoms with van der Waals surface area (Å²) >= 11 is 0. The van der Waals surface area contributed by atoms with Crippen molar-refractivity contribution >= 4 is 0 Å². The first-order chi connectivity index (χ1) is 8.51. The molecule has 0 aromatic rings. The van der Waals surface area contributed by atoms with Crippen LogP contribution in [-0.4, -0.2) is 0 Å². The topological polar surface area (TPSA) is 23.8 Å². The van der Waals surface area contributed by atoms with Crippen LogP contribution in [0.1, 0.15) is 60.3 Å². The molecule has 0 amide bonds. The zero-order valence-electron chi connectivity index (χ0n) is 12.6. The summed E-state index contributed by atoms with van der Waals surface area (Å²) in [6.07, 6.45) is 11.0. The van der Waals surface area contributed by atoms with Gasteiger partial charge in [-0.05, 0) is 45.1 Å². The van der Waals surface area contributed by atoms with Gasteiger partial charge in [-0.3, -0.25) is 0 Å². The lowest BCUT2D eigenvalue weighted by Crippen LogP contribution is -1.89. The van der Waals surface area contributed by atoms with Gasteiger partial charge in [-0.2, -0.15) is 5.26 Å². The minimum Gasteiger partial charge on any atom is -0.193 e. The highest BCUT2D eigenvalue weighted by molar-refractivity contribution is 5.28. The summed E-state index contributed by atoms with van der Waals surface area (Å²) in [5, 5.41) is 8.96. The second kappa shape index (κ2) is 9.71. The lowest BCUT2D eigenvalue weighted by molar-refractivity contribution is 0.795. The Kier molecular flexibility index (Phi) is 9.01. The zero-order chi connectivity index (χ0) is 14.0. The predicted molar refractivity (Wildman–Crippen MR) is 80.2 cm³/mol. The van der Waals surface area contributed by atoms with Crippen LogP contribution in [0.2, 0.25) is 0 Å². The molecule has 0 aliphatic heterocycles. The van der Waals surface area contributed by atoms with Gasteiger partial charge in [0.1, 0.15) is 0 Å². The van der Waals surface area contributed by atoms with Crippen molar-refractivity contribution in [2.24, 2.45) is 5.92 Å². The fourth-order valence-corrected chi connectivity index (χ4v) is 1.72. The number of nitrogens with zero attached hydrogens (tertiary/aromatic N) is 1. The Morgan fingerprint density at radius 3 is 2.28 bits per heavy atom. The van der Waals surface area contributed by atoms with Crippen molar-refractivity contribution in [3.63, 3.8) is 0 Å². The number of allylic oxidation sites excluding steroid dienone is 6. The Morgan fingerprint density at radius 1 is 1.11 bits per heavy atom. The van der Waals surface area contributed by atoms with E-state index in [0.717, 1.165) is 18.4 Å². The molecular weight excluding hydrogens is 218 g/mol. The van der Waals surface area contributed by atoms with Crippen molar-refractivity contribution in [3.05, 3.63) is 34.9 Å². The van der Waals surface area contributed by atoms with Gasteiger partial charge in [0.2, 0.25) is 0 Å². The number of nitriles is 1. The van der Waals surface area contributed by atoms with E-state index in [1.54, 1.807) is 0 Å². The third-order valence-corrected chi connectivity index (χ3v) is 2.97. The molecule has 1 nitrogen and oxygen atoms in total. The van der Waals surface area contributed by atoms with Crippen LogP contribution in [0.5, 0.6) is 0 Å². The molecule has 0 N–H and O–H groups in total. The highest BCUT2D eigenvalue weighted by Gasteiger charge is 1.99. The van der Waals surface area contributed by atoms with Crippen LogP contribution in [-0.2, 0) is 0 Å². The van der Waals surface area contributed by atoms with Crippen molar-refractivity contribution in [3.8, 4) is 6.07 Å². The summed E-state index contributed by atoms with van der Waals surface area (Å²) in [7, 11) is 0. The van der Waals surface area contributed by atoms with Gasteiger partial charge in [0.05, 0.1) is 6.07 Å². The average Bonchev–Trinajstić information content (AvgIpc) is 2.29. The molecule has 18 heavy (non-hydrogen) atoms. The monoisotopic (exact) mass is 245 g/mol. The molecule has 0 unspecified atom stereocenters. The second-order valence-corrected chi connectivity index (χ2v) is 5.24. The summed E-state index contributed by atoms with van der Waals surface area (Å²) in [6, 6.07) is 2.25. The molecule has 1 heteroatoms. The van der Waals surface area contributed by atoms with E-state index in [1.165, 1.54) is 24.0 Å². The SMILES string of the molecule is CCCC(C)=CCCC(C)=CC=C(C#N)C(C)C. The lowest BCUT2D eigenvalue weighted by atomic mass is 10.0. The molecule has 0 fully saturated rings. The third-order valence-electron chi connectivity index (χ3n) is 2.97. The number of rotatable bonds is 7. The largest absolute Gasteiger partial charge is 0.193 e. The highest BCUT2D eigenvalue weighted by Crippen LogP contribution is 2.12. The summed E-state index contributed by atoms with van der Waals surface area (Å²) in [5.74, 6) is 0.311. The van der Waals surface area contributed by atoms with E-state index < -0.39 is 0 Å². The van der Waals surface area contributed by atoms with E-state index in [2.05, 4.69) is 52.8 Å². The van der Waals surface area contributed by atoms with E-state index >= 15 is 0 Å². The van der Waals surface area contributed by atoms with Crippen LogP contribution in [0.3, 0.4) is 0 Å². The zero-order valence-corrected chi connectivity index (χ0v) is 12.6. The Labute approximate surface area is 113 Å². The fraction of sp³-hybridized carbons (Fsp3) is 0.588. The molecule has 0 spiro atoms. The maximum Gasteiger partial charge on any atom is 0.0949 e. The van der Waals surface area contributed by atoms with E-state index in [1.807, 2.05) is 6.08 Å². The third kappa shape index (κ3) is 7.90. The molecule has 0 aliphatic rings. The molecule has 0 bridgehead atoms. The Bertz CT molecular complexity index is 362. The second-order valence-electron chi connectivity index (χ2n) is 5.24. The smallest absolute Gasteiger partial charge is 0.0949 e. The molecule has 0 atom stereocenters. The molecule has 0 aromatic heterocycles. The van der Waals surface area contributed by atoms with Gasteiger partial charge in [-0.15, -0.1) is 0 Å². The van der Waals surface area contributed by atoms with Crippen LogP contribution >= 0.6 is 0 Å². The van der Waals surface area contributed by atoms with Gasteiger partial charge in [0.15, 0.2) is 0 Å². The van der Waals surface area contributed by atoms with Crippen molar-refractivity contribution in [2.75, 3.05) is 0 Å². The van der Waals surface area contributed by atoms with Gasteiger partial charge in [-0.25, -0.2) is 0 Å². The van der Waals surface area contributed by atoms with E-state index in [-0.39, 0.29) is 0 Å². The molecule has 0 saturated heterocycles. The first kappa shape index (κ1) is 16.7. The van der Waals surface area contributed by atoms with E-state index in [0.29, 0.717) is 5.92 Å². The van der Waals surface area contributed by atoms with Crippen LogP contribution in [0.15, 0.2) is 34.9 Å². The highest BCUT2D eigenvalue weighted by atomic mass is 14.2. The van der Waals surface area contributed by atoms with Gasteiger partial charge in [0, 0.05) is 5.57 Å². The molecule has 100 valence electrons. The standard InChI is InChI=1S/C17H27N/c1-6-8-15(4)9-7-10-16(5)11-12-17(13-18)14(2)3/h9,11-12,14H,6-8,10H2,1-5H3. The molecule has 0 heterocycles. The normalized spacial score (nSPS) is 13.9. The first-order valence-electron chi connectivity index (χ1n) is 6.94. The Morgan fingerprint density at radius 2 is 1.78 bits per heavy atom. The average molecular weight is 245 g/mol. The van der Waals surface area contributed by atoms with Crippen molar-refractivity contribution in [1.29, 1.82) is 5.26 Å². The number of hydrogen-bond acceptors (Lipinski definition) is 1. The summed E-state index contributed by atoms with van der Waals surface area (Å²) in [6.45, 7) is 10.6. The van der Waals surface area contributed by atoms with Gasteiger partial charge >= 0.3 is 0 Å². The summed E-state index contributed by atoms with van der Waals surface area (Å²) in [5.41, 5.74) is 3.68. The van der Waals surface area contributed by atoms with Gasteiger partial charge < -0.3 is 0 Å². The van der Waals surface area contributed by atoms with Gasteiger partial charge in [0.25, 0.3) is 0 Å².